The molecule has 0 bridgehead atoms. The second-order valence-corrected chi connectivity index (χ2v) is 8.45. The molecule has 1 spiro atoms. The highest BCUT2D eigenvalue weighted by atomic mass is 32.1. The van der Waals surface area contributed by atoms with Crippen molar-refractivity contribution >= 4 is 23.3 Å². The number of carbonyl (C=O) groups excluding carboxylic acids is 1. The van der Waals surface area contributed by atoms with Gasteiger partial charge in [-0.15, -0.1) is 11.3 Å². The normalized spacial score (nSPS) is 24.1. The van der Waals surface area contributed by atoms with Gasteiger partial charge in [-0.25, -0.2) is 4.98 Å². The Bertz CT molecular complexity index is 805. The van der Waals surface area contributed by atoms with E-state index in [2.05, 4.69) is 21.3 Å². The second-order valence-electron chi connectivity index (χ2n) is 7.39. The molecule has 1 atom stereocenters. The van der Waals surface area contributed by atoms with Crippen LogP contribution in [0.5, 0.6) is 0 Å². The summed E-state index contributed by atoms with van der Waals surface area (Å²) in [7, 11) is 0. The van der Waals surface area contributed by atoms with E-state index in [-0.39, 0.29) is 17.6 Å². The van der Waals surface area contributed by atoms with Gasteiger partial charge in [0, 0.05) is 24.6 Å². The molecular formula is C19H23N3O4S. The van der Waals surface area contributed by atoms with E-state index in [1.165, 1.54) is 10.4 Å². The average molecular weight is 389 g/mol. The quantitative estimate of drug-likeness (QED) is 0.868. The van der Waals surface area contributed by atoms with Gasteiger partial charge in [0.05, 0.1) is 30.3 Å². The fourth-order valence-corrected chi connectivity index (χ4v) is 5.56. The maximum absolute atomic E-state index is 12.7. The predicted octanol–water partition coefficient (Wildman–Crippen LogP) is 2.32. The van der Waals surface area contributed by atoms with Gasteiger partial charge in [-0.3, -0.25) is 4.79 Å². The summed E-state index contributed by atoms with van der Waals surface area (Å²) < 4.78 is 17.1. The Morgan fingerprint density at radius 3 is 2.96 bits per heavy atom. The van der Waals surface area contributed by atoms with E-state index in [0.29, 0.717) is 19.2 Å². The zero-order valence-electron chi connectivity index (χ0n) is 15.1. The van der Waals surface area contributed by atoms with Crippen LogP contribution in [0.4, 0.5) is 6.01 Å². The lowest BCUT2D eigenvalue weighted by Gasteiger charge is -2.43. The van der Waals surface area contributed by atoms with Gasteiger partial charge in [0.1, 0.15) is 11.9 Å². The summed E-state index contributed by atoms with van der Waals surface area (Å²) in [6.45, 7) is 3.71. The third kappa shape index (κ3) is 3.15. The minimum absolute atomic E-state index is 0.0114. The molecule has 2 aromatic heterocycles. The summed E-state index contributed by atoms with van der Waals surface area (Å²) in [4.78, 5) is 21.1. The zero-order valence-corrected chi connectivity index (χ0v) is 15.9. The largest absolute Gasteiger partial charge is 0.432 e. The van der Waals surface area contributed by atoms with E-state index in [0.717, 1.165) is 50.3 Å². The molecule has 0 aliphatic carbocycles. The molecule has 2 fully saturated rings. The summed E-state index contributed by atoms with van der Waals surface area (Å²) in [5, 5.41) is 3.10. The maximum atomic E-state index is 12.7. The second kappa shape index (κ2) is 6.92. The van der Waals surface area contributed by atoms with Crippen LogP contribution in [0.1, 0.15) is 39.4 Å². The van der Waals surface area contributed by atoms with E-state index in [4.69, 9.17) is 13.9 Å². The molecule has 5 rings (SSSR count). The van der Waals surface area contributed by atoms with E-state index < -0.39 is 0 Å². The molecule has 1 N–H and O–H groups in total. The number of carbonyl (C=O) groups is 1. The van der Waals surface area contributed by atoms with Crippen molar-refractivity contribution in [3.05, 3.63) is 33.8 Å². The van der Waals surface area contributed by atoms with Crippen molar-refractivity contribution in [2.45, 2.75) is 37.3 Å². The Morgan fingerprint density at radius 2 is 2.22 bits per heavy atom. The monoisotopic (exact) mass is 389 g/mol. The molecule has 1 unspecified atom stereocenters. The lowest BCUT2D eigenvalue weighted by molar-refractivity contribution is -0.0738. The van der Waals surface area contributed by atoms with Crippen molar-refractivity contribution in [1.82, 2.24) is 10.3 Å². The number of oxazole rings is 1. The van der Waals surface area contributed by atoms with Gasteiger partial charge in [0.15, 0.2) is 0 Å². The van der Waals surface area contributed by atoms with E-state index in [1.54, 1.807) is 23.8 Å². The standard InChI is InChI=1S/C19H23N3O4S/c23-17(21-14-2-8-24-12-14)15-11-13-1-9-26-19(16(13)27-15)3-6-22(7-4-19)18-20-5-10-25-18/h5,10-11,14H,1-4,6-9,12H2,(H,21,23). The van der Waals surface area contributed by atoms with Crippen LogP contribution < -0.4 is 10.2 Å². The van der Waals surface area contributed by atoms with Crippen LogP contribution in [0.15, 0.2) is 22.9 Å². The molecule has 5 heterocycles. The fraction of sp³-hybridized carbons (Fsp3) is 0.579. The minimum Gasteiger partial charge on any atom is -0.432 e. The summed E-state index contributed by atoms with van der Waals surface area (Å²) in [5.41, 5.74) is 0.986. The number of hydrogen-bond acceptors (Lipinski definition) is 7. The van der Waals surface area contributed by atoms with Crippen LogP contribution in [-0.2, 0) is 21.5 Å². The third-order valence-corrected chi connectivity index (χ3v) is 7.08. The highest BCUT2D eigenvalue weighted by Gasteiger charge is 2.43. The van der Waals surface area contributed by atoms with Crippen LogP contribution >= 0.6 is 11.3 Å². The molecule has 7 nitrogen and oxygen atoms in total. The number of aromatic nitrogens is 1. The Morgan fingerprint density at radius 1 is 1.33 bits per heavy atom. The zero-order chi connectivity index (χ0) is 18.3. The van der Waals surface area contributed by atoms with Crippen LogP contribution in [-0.4, -0.2) is 49.8 Å². The minimum atomic E-state index is -0.281. The van der Waals surface area contributed by atoms with Crippen molar-refractivity contribution in [3.63, 3.8) is 0 Å². The van der Waals surface area contributed by atoms with Gasteiger partial charge >= 0.3 is 0 Å². The molecule has 1 amide bonds. The van der Waals surface area contributed by atoms with Crippen LogP contribution in [0.3, 0.4) is 0 Å². The maximum Gasteiger partial charge on any atom is 0.297 e. The van der Waals surface area contributed by atoms with Crippen molar-refractivity contribution in [1.29, 1.82) is 0 Å². The number of thiophene rings is 1. The number of piperidine rings is 1. The first-order chi connectivity index (χ1) is 13.2. The van der Waals surface area contributed by atoms with Gasteiger partial charge < -0.3 is 24.1 Å². The van der Waals surface area contributed by atoms with Gasteiger partial charge in [-0.05, 0) is 37.3 Å². The molecule has 0 aromatic carbocycles. The molecule has 3 aliphatic heterocycles. The van der Waals surface area contributed by atoms with Crippen LogP contribution in [0.2, 0.25) is 0 Å². The van der Waals surface area contributed by atoms with Gasteiger partial charge in [-0.2, -0.15) is 0 Å². The number of nitrogens with one attached hydrogen (secondary N) is 1. The van der Waals surface area contributed by atoms with Crippen LogP contribution in [0, 0.1) is 0 Å². The smallest absolute Gasteiger partial charge is 0.297 e. The number of anilines is 1. The lowest BCUT2D eigenvalue weighted by atomic mass is 9.85. The van der Waals surface area contributed by atoms with Crippen molar-refractivity contribution in [2.75, 3.05) is 37.8 Å². The Labute approximate surface area is 161 Å². The number of amides is 1. The average Bonchev–Trinajstić information content (AvgIpc) is 3.44. The first-order valence-corrected chi connectivity index (χ1v) is 10.4. The summed E-state index contributed by atoms with van der Waals surface area (Å²) >= 11 is 1.60. The Balaban J connectivity index is 1.34. The van der Waals surface area contributed by atoms with E-state index in [9.17, 15) is 4.79 Å². The van der Waals surface area contributed by atoms with Crippen molar-refractivity contribution in [2.24, 2.45) is 0 Å². The van der Waals surface area contributed by atoms with Crippen LogP contribution in [0.25, 0.3) is 0 Å². The number of rotatable bonds is 3. The first kappa shape index (κ1) is 17.2. The molecule has 2 aromatic rings. The summed E-state index contributed by atoms with van der Waals surface area (Å²) in [6, 6.07) is 2.87. The van der Waals surface area contributed by atoms with Crippen molar-refractivity contribution < 1.29 is 18.7 Å². The number of fused-ring (bicyclic) bond motifs is 2. The number of nitrogens with zero attached hydrogens (tertiary/aromatic N) is 2. The van der Waals surface area contributed by atoms with Gasteiger partial charge in [-0.1, -0.05) is 0 Å². The van der Waals surface area contributed by atoms with Gasteiger partial charge in [0.25, 0.3) is 11.9 Å². The molecule has 0 radical (unpaired) electrons. The topological polar surface area (TPSA) is 76.8 Å². The highest BCUT2D eigenvalue weighted by Crippen LogP contribution is 2.45. The molecule has 8 heteroatoms. The number of ether oxygens (including phenoxy) is 2. The molecular weight excluding hydrogens is 366 g/mol. The molecule has 3 aliphatic rings. The highest BCUT2D eigenvalue weighted by molar-refractivity contribution is 7.14. The Kier molecular flexibility index (Phi) is 4.41. The molecule has 144 valence electrons. The SMILES string of the molecule is O=C(NC1CCOC1)c1cc2c(s1)C1(CCN(c3ncco3)CC1)OCC2. The Hall–Kier alpha value is -1.90. The third-order valence-electron chi connectivity index (χ3n) is 5.72. The summed E-state index contributed by atoms with van der Waals surface area (Å²) in [5.74, 6) is 0.0114. The fourth-order valence-electron chi connectivity index (χ4n) is 4.24. The lowest BCUT2D eigenvalue weighted by Crippen LogP contribution is -2.46. The predicted molar refractivity (Wildman–Crippen MR) is 100 cm³/mol. The summed E-state index contributed by atoms with van der Waals surface area (Å²) in [6.07, 6.45) is 6.79. The van der Waals surface area contributed by atoms with Gasteiger partial charge in [0.2, 0.25) is 0 Å². The molecule has 0 saturated carbocycles. The number of hydrogen-bond donors (Lipinski definition) is 1. The molecule has 27 heavy (non-hydrogen) atoms. The first-order valence-electron chi connectivity index (χ1n) is 9.54. The van der Waals surface area contributed by atoms with E-state index in [1.807, 2.05) is 0 Å². The van der Waals surface area contributed by atoms with Crippen molar-refractivity contribution in [3.8, 4) is 0 Å². The molecule has 2 saturated heterocycles. The van der Waals surface area contributed by atoms with E-state index >= 15 is 0 Å².